The van der Waals surface area contributed by atoms with E-state index in [0.29, 0.717) is 5.92 Å². The Morgan fingerprint density at radius 2 is 2.00 bits per heavy atom. The van der Waals surface area contributed by atoms with E-state index in [1.165, 1.54) is 5.56 Å². The minimum Gasteiger partial charge on any atom is -0.481 e. The maximum Gasteiger partial charge on any atom is 0.307 e. The zero-order chi connectivity index (χ0) is 12.6. The summed E-state index contributed by atoms with van der Waals surface area (Å²) in [4.78, 5) is 11.0. The first kappa shape index (κ1) is 12.2. The van der Waals surface area contributed by atoms with Crippen LogP contribution in [0.5, 0.6) is 0 Å². The molecule has 0 aliphatic heterocycles. The van der Waals surface area contributed by atoms with Gasteiger partial charge in [-0.15, -0.1) is 0 Å². The second kappa shape index (κ2) is 4.17. The third-order valence-corrected chi connectivity index (χ3v) is 3.79. The highest BCUT2D eigenvalue weighted by molar-refractivity contribution is 5.77. The van der Waals surface area contributed by atoms with Gasteiger partial charge in [0, 0.05) is 5.41 Å². The maximum absolute atomic E-state index is 11.0. The quantitative estimate of drug-likeness (QED) is 0.865. The van der Waals surface area contributed by atoms with Crippen molar-refractivity contribution < 1.29 is 9.90 Å². The van der Waals surface area contributed by atoms with Gasteiger partial charge in [-0.1, -0.05) is 45.0 Å². The number of hydrogen-bond donors (Lipinski definition) is 1. The van der Waals surface area contributed by atoms with E-state index in [4.69, 9.17) is 5.11 Å². The van der Waals surface area contributed by atoms with Crippen LogP contribution >= 0.6 is 0 Å². The molecule has 17 heavy (non-hydrogen) atoms. The number of carboxylic acids is 1. The van der Waals surface area contributed by atoms with Gasteiger partial charge in [-0.3, -0.25) is 4.79 Å². The van der Waals surface area contributed by atoms with Crippen LogP contribution in [-0.2, 0) is 16.6 Å². The molecular formula is C15H20O2. The second-order valence-corrected chi connectivity index (χ2v) is 5.81. The summed E-state index contributed by atoms with van der Waals surface area (Å²) >= 11 is 0. The van der Waals surface area contributed by atoms with Gasteiger partial charge < -0.3 is 5.11 Å². The molecule has 0 aromatic heterocycles. The van der Waals surface area contributed by atoms with Gasteiger partial charge in [0.15, 0.2) is 0 Å². The van der Waals surface area contributed by atoms with Crippen LogP contribution in [0.15, 0.2) is 24.3 Å². The lowest BCUT2D eigenvalue weighted by atomic mass is 9.93. The number of carbonyl (C=O) groups is 1. The lowest BCUT2D eigenvalue weighted by Crippen LogP contribution is -2.11. The van der Waals surface area contributed by atoms with E-state index in [0.717, 1.165) is 18.4 Å². The predicted molar refractivity (Wildman–Crippen MR) is 68.1 cm³/mol. The molecule has 0 bridgehead atoms. The summed E-state index contributed by atoms with van der Waals surface area (Å²) in [6, 6.07) is 8.47. The predicted octanol–water partition coefficient (Wildman–Crippen LogP) is 3.25. The zero-order valence-corrected chi connectivity index (χ0v) is 10.7. The molecule has 2 rings (SSSR count). The van der Waals surface area contributed by atoms with Gasteiger partial charge in [-0.25, -0.2) is 0 Å². The van der Waals surface area contributed by atoms with Crippen molar-refractivity contribution in [3.63, 3.8) is 0 Å². The van der Waals surface area contributed by atoms with Crippen molar-refractivity contribution in [1.82, 2.24) is 0 Å². The van der Waals surface area contributed by atoms with Crippen LogP contribution < -0.4 is 0 Å². The Labute approximate surface area is 103 Å². The van der Waals surface area contributed by atoms with E-state index in [1.807, 2.05) is 6.92 Å². The third kappa shape index (κ3) is 2.36. The zero-order valence-electron chi connectivity index (χ0n) is 10.7. The average molecular weight is 232 g/mol. The number of carboxylic acid groups (broad SMARTS) is 1. The third-order valence-electron chi connectivity index (χ3n) is 3.79. The molecule has 0 heterocycles. The lowest BCUT2D eigenvalue weighted by Gasteiger charge is -2.12. The molecule has 0 spiro atoms. The Morgan fingerprint density at radius 3 is 2.41 bits per heavy atom. The summed E-state index contributed by atoms with van der Waals surface area (Å²) in [6.07, 6.45) is 1.85. The molecule has 0 saturated heterocycles. The van der Waals surface area contributed by atoms with Crippen molar-refractivity contribution in [3.8, 4) is 0 Å². The van der Waals surface area contributed by atoms with Crippen molar-refractivity contribution >= 4 is 5.97 Å². The topological polar surface area (TPSA) is 37.3 Å². The Hall–Kier alpha value is -1.31. The van der Waals surface area contributed by atoms with Gasteiger partial charge >= 0.3 is 5.97 Å². The van der Waals surface area contributed by atoms with Crippen LogP contribution in [0.1, 0.15) is 38.3 Å². The molecular weight excluding hydrogens is 212 g/mol. The van der Waals surface area contributed by atoms with Crippen molar-refractivity contribution in [1.29, 1.82) is 0 Å². The fourth-order valence-corrected chi connectivity index (χ4v) is 2.54. The van der Waals surface area contributed by atoms with Gasteiger partial charge in [-0.2, -0.15) is 0 Å². The summed E-state index contributed by atoms with van der Waals surface area (Å²) in [6.45, 7) is 6.45. The highest BCUT2D eigenvalue weighted by Crippen LogP contribution is 2.53. The van der Waals surface area contributed by atoms with Crippen LogP contribution in [-0.4, -0.2) is 11.1 Å². The molecule has 0 radical (unpaired) electrons. The molecule has 1 aromatic rings. The van der Waals surface area contributed by atoms with Crippen LogP contribution in [0.3, 0.4) is 0 Å². The van der Waals surface area contributed by atoms with Gasteiger partial charge in [0.25, 0.3) is 0 Å². The second-order valence-electron chi connectivity index (χ2n) is 5.81. The van der Waals surface area contributed by atoms with Gasteiger partial charge in [0.1, 0.15) is 0 Å². The minimum absolute atomic E-state index is 0.137. The van der Waals surface area contributed by atoms with E-state index in [9.17, 15) is 4.79 Å². The molecule has 92 valence electrons. The fraction of sp³-hybridized carbons (Fsp3) is 0.533. The largest absolute Gasteiger partial charge is 0.481 e. The first-order chi connectivity index (χ1) is 7.93. The molecule has 2 nitrogen and oxygen atoms in total. The smallest absolute Gasteiger partial charge is 0.307 e. The monoisotopic (exact) mass is 232 g/mol. The molecule has 2 atom stereocenters. The Bertz CT molecular complexity index is 419. The van der Waals surface area contributed by atoms with Crippen molar-refractivity contribution in [2.75, 3.05) is 0 Å². The first-order valence-electron chi connectivity index (χ1n) is 6.25. The Balaban J connectivity index is 2.12. The molecule has 1 fully saturated rings. The highest BCUT2D eigenvalue weighted by Gasteiger charge is 2.55. The molecule has 2 unspecified atom stereocenters. The summed E-state index contributed by atoms with van der Waals surface area (Å²) in [5.41, 5.74) is 2.36. The number of hydrogen-bond acceptors (Lipinski definition) is 1. The van der Waals surface area contributed by atoms with Crippen molar-refractivity contribution in [2.45, 2.75) is 39.0 Å². The maximum atomic E-state index is 11.0. The van der Waals surface area contributed by atoms with Gasteiger partial charge in [-0.05, 0) is 29.9 Å². The molecule has 0 amide bonds. The SMILES string of the molecule is CC(C)Cc1ccc(C2(C)CC2C(=O)O)cc1. The Morgan fingerprint density at radius 1 is 1.41 bits per heavy atom. The molecule has 1 saturated carbocycles. The van der Waals surface area contributed by atoms with Crippen molar-refractivity contribution in [3.05, 3.63) is 35.4 Å². The summed E-state index contributed by atoms with van der Waals surface area (Å²) < 4.78 is 0. The van der Waals surface area contributed by atoms with Crippen LogP contribution in [0.4, 0.5) is 0 Å². The van der Waals surface area contributed by atoms with Crippen LogP contribution in [0.25, 0.3) is 0 Å². The van der Waals surface area contributed by atoms with E-state index in [2.05, 4.69) is 38.1 Å². The highest BCUT2D eigenvalue weighted by atomic mass is 16.4. The molecule has 2 heteroatoms. The van der Waals surface area contributed by atoms with Gasteiger partial charge in [0.05, 0.1) is 5.92 Å². The fourth-order valence-electron chi connectivity index (χ4n) is 2.54. The summed E-state index contributed by atoms with van der Waals surface area (Å²) in [7, 11) is 0. The van der Waals surface area contributed by atoms with Gasteiger partial charge in [0.2, 0.25) is 0 Å². The normalized spacial score (nSPS) is 27.2. The van der Waals surface area contributed by atoms with Crippen molar-refractivity contribution in [2.24, 2.45) is 11.8 Å². The summed E-state index contributed by atoms with van der Waals surface area (Å²) in [5.74, 6) is -0.207. The lowest BCUT2D eigenvalue weighted by molar-refractivity contribution is -0.138. The number of benzene rings is 1. The van der Waals surface area contributed by atoms with E-state index >= 15 is 0 Å². The Kier molecular flexibility index (Phi) is 2.98. The van der Waals surface area contributed by atoms with Crippen LogP contribution in [0, 0.1) is 11.8 Å². The average Bonchev–Trinajstić information content (AvgIpc) is 2.92. The summed E-state index contributed by atoms with van der Waals surface area (Å²) in [5, 5.41) is 9.02. The number of aliphatic carboxylic acids is 1. The van der Waals surface area contributed by atoms with E-state index in [1.54, 1.807) is 0 Å². The molecule has 1 N–H and O–H groups in total. The molecule has 1 aliphatic carbocycles. The molecule has 1 aliphatic rings. The minimum atomic E-state index is -0.668. The van der Waals surface area contributed by atoms with E-state index < -0.39 is 5.97 Å². The standard InChI is InChI=1S/C15H20O2/c1-10(2)8-11-4-6-12(7-5-11)15(3)9-13(15)14(16)17/h4-7,10,13H,8-9H2,1-3H3,(H,16,17). The molecule has 1 aromatic carbocycles. The first-order valence-corrected chi connectivity index (χ1v) is 6.25. The van der Waals surface area contributed by atoms with E-state index in [-0.39, 0.29) is 11.3 Å². The number of rotatable bonds is 4. The van der Waals surface area contributed by atoms with Crippen LogP contribution in [0.2, 0.25) is 0 Å².